The van der Waals surface area contributed by atoms with E-state index in [0.717, 1.165) is 45.1 Å². The largest absolute Gasteiger partial charge is 0.353 e. The van der Waals surface area contributed by atoms with Crippen molar-refractivity contribution in [3.63, 3.8) is 0 Å². The van der Waals surface area contributed by atoms with Crippen molar-refractivity contribution in [3.8, 4) is 0 Å². The second-order valence-corrected chi connectivity index (χ2v) is 5.76. The highest BCUT2D eigenvalue weighted by Crippen LogP contribution is 2.12. The van der Waals surface area contributed by atoms with E-state index in [9.17, 15) is 4.79 Å². The van der Waals surface area contributed by atoms with Gasteiger partial charge in [-0.15, -0.1) is 0 Å². The maximum absolute atomic E-state index is 12.2. The van der Waals surface area contributed by atoms with E-state index >= 15 is 0 Å². The summed E-state index contributed by atoms with van der Waals surface area (Å²) in [4.78, 5) is 20.8. The number of rotatable bonds is 8. The minimum Gasteiger partial charge on any atom is -0.353 e. The van der Waals surface area contributed by atoms with Gasteiger partial charge in [-0.05, 0) is 25.1 Å². The van der Waals surface area contributed by atoms with Crippen LogP contribution in [-0.4, -0.2) is 55.1 Å². The molecule has 0 atom stereocenters. The smallest absolute Gasteiger partial charge is 0.223 e. The molecule has 1 fully saturated rings. The third-order valence-corrected chi connectivity index (χ3v) is 4.08. The molecule has 1 aromatic heterocycles. The lowest BCUT2D eigenvalue weighted by molar-refractivity contribution is -0.131. The zero-order chi connectivity index (χ0) is 15.6. The van der Waals surface area contributed by atoms with Crippen LogP contribution < -0.4 is 10.2 Å². The molecule has 0 radical (unpaired) electrons. The summed E-state index contributed by atoms with van der Waals surface area (Å²) in [6, 6.07) is 5.96. The molecule has 22 heavy (non-hydrogen) atoms. The summed E-state index contributed by atoms with van der Waals surface area (Å²) in [5, 5.41) is 3.36. The van der Waals surface area contributed by atoms with E-state index in [1.807, 2.05) is 29.3 Å². The summed E-state index contributed by atoms with van der Waals surface area (Å²) < 4.78 is 0. The van der Waals surface area contributed by atoms with E-state index in [1.165, 1.54) is 19.3 Å². The molecule has 5 heteroatoms. The molecule has 0 spiro atoms. The number of hydrogen-bond donors (Lipinski definition) is 1. The number of nitrogens with zero attached hydrogens (tertiary/aromatic N) is 3. The first-order chi connectivity index (χ1) is 10.8. The van der Waals surface area contributed by atoms with Gasteiger partial charge in [-0.25, -0.2) is 4.98 Å². The van der Waals surface area contributed by atoms with Gasteiger partial charge in [0.1, 0.15) is 5.82 Å². The van der Waals surface area contributed by atoms with Crippen molar-refractivity contribution in [2.75, 3.05) is 44.2 Å². The van der Waals surface area contributed by atoms with Crippen molar-refractivity contribution < 1.29 is 4.79 Å². The minimum atomic E-state index is 0.267. The first-order valence-corrected chi connectivity index (χ1v) is 8.45. The fraction of sp³-hybridized carbons (Fsp3) is 0.647. The van der Waals surface area contributed by atoms with Crippen LogP contribution in [0.4, 0.5) is 5.82 Å². The van der Waals surface area contributed by atoms with E-state index in [0.29, 0.717) is 6.42 Å². The Morgan fingerprint density at radius 3 is 2.68 bits per heavy atom. The Labute approximate surface area is 133 Å². The molecule has 122 valence electrons. The molecule has 5 nitrogen and oxygen atoms in total. The van der Waals surface area contributed by atoms with Crippen LogP contribution in [0.25, 0.3) is 0 Å². The number of carbonyl (C=O) groups excluding carboxylic acids is 1. The van der Waals surface area contributed by atoms with Crippen molar-refractivity contribution in [1.29, 1.82) is 0 Å². The highest BCUT2D eigenvalue weighted by molar-refractivity contribution is 5.76. The number of hydrogen-bond acceptors (Lipinski definition) is 4. The van der Waals surface area contributed by atoms with Crippen molar-refractivity contribution in [3.05, 3.63) is 24.4 Å². The lowest BCUT2D eigenvalue weighted by Gasteiger charge is -2.35. The van der Waals surface area contributed by atoms with Crippen LogP contribution in [0.3, 0.4) is 0 Å². The summed E-state index contributed by atoms with van der Waals surface area (Å²) in [5.41, 5.74) is 0. The van der Waals surface area contributed by atoms with Crippen molar-refractivity contribution in [1.82, 2.24) is 15.2 Å². The van der Waals surface area contributed by atoms with Crippen LogP contribution in [0, 0.1) is 0 Å². The van der Waals surface area contributed by atoms with E-state index in [4.69, 9.17) is 0 Å². The van der Waals surface area contributed by atoms with Crippen molar-refractivity contribution in [2.45, 2.75) is 32.6 Å². The predicted octanol–water partition coefficient (Wildman–Crippen LogP) is 1.90. The summed E-state index contributed by atoms with van der Waals surface area (Å²) >= 11 is 0. The molecule has 1 saturated heterocycles. The van der Waals surface area contributed by atoms with Gasteiger partial charge in [-0.1, -0.05) is 25.8 Å². The van der Waals surface area contributed by atoms with Gasteiger partial charge in [0.2, 0.25) is 5.91 Å². The molecule has 1 N–H and O–H groups in total. The zero-order valence-electron chi connectivity index (χ0n) is 13.6. The molecule has 1 amide bonds. The first kappa shape index (κ1) is 16.7. The Hall–Kier alpha value is -1.62. The highest BCUT2D eigenvalue weighted by Gasteiger charge is 2.21. The number of nitrogens with one attached hydrogen (secondary N) is 1. The second kappa shape index (κ2) is 9.41. The van der Waals surface area contributed by atoms with Crippen LogP contribution in [0.1, 0.15) is 32.6 Å². The summed E-state index contributed by atoms with van der Waals surface area (Å²) in [5.74, 6) is 1.27. The van der Waals surface area contributed by atoms with E-state index in [1.54, 1.807) is 0 Å². The molecular weight excluding hydrogens is 276 g/mol. The maximum Gasteiger partial charge on any atom is 0.223 e. The molecule has 1 aromatic rings. The summed E-state index contributed by atoms with van der Waals surface area (Å²) in [7, 11) is 0. The molecule has 0 aromatic carbocycles. The Kier molecular flexibility index (Phi) is 7.16. The summed E-state index contributed by atoms with van der Waals surface area (Å²) in [6.07, 6.45) is 6.12. The predicted molar refractivity (Wildman–Crippen MR) is 90.0 cm³/mol. The summed E-state index contributed by atoms with van der Waals surface area (Å²) in [6.45, 7) is 7.35. The van der Waals surface area contributed by atoms with E-state index in [2.05, 4.69) is 22.1 Å². The molecule has 0 saturated carbocycles. The van der Waals surface area contributed by atoms with Gasteiger partial charge < -0.3 is 15.1 Å². The van der Waals surface area contributed by atoms with Gasteiger partial charge in [-0.2, -0.15) is 0 Å². The number of piperazine rings is 1. The lowest BCUT2D eigenvalue weighted by atomic mass is 10.2. The van der Waals surface area contributed by atoms with Crippen LogP contribution in [-0.2, 0) is 4.79 Å². The number of anilines is 1. The number of pyridine rings is 1. The van der Waals surface area contributed by atoms with Crippen molar-refractivity contribution >= 4 is 11.7 Å². The number of unbranched alkanes of at least 4 members (excludes halogenated alkanes) is 2. The molecule has 1 aliphatic heterocycles. The van der Waals surface area contributed by atoms with Crippen LogP contribution >= 0.6 is 0 Å². The van der Waals surface area contributed by atoms with Crippen LogP contribution in [0.15, 0.2) is 24.4 Å². The highest BCUT2D eigenvalue weighted by atomic mass is 16.2. The lowest BCUT2D eigenvalue weighted by Crippen LogP contribution is -2.49. The standard InChI is InChI=1S/C17H28N4O/c1-2-3-5-9-18-11-8-17(22)21-14-12-20(13-15-21)16-7-4-6-10-19-16/h4,6-7,10,18H,2-3,5,8-9,11-15H2,1H3. The Morgan fingerprint density at radius 1 is 1.18 bits per heavy atom. The molecule has 0 bridgehead atoms. The van der Waals surface area contributed by atoms with E-state index < -0.39 is 0 Å². The van der Waals surface area contributed by atoms with Crippen LogP contribution in [0.2, 0.25) is 0 Å². The Balaban J connectivity index is 1.63. The first-order valence-electron chi connectivity index (χ1n) is 8.45. The van der Waals surface area contributed by atoms with E-state index in [-0.39, 0.29) is 5.91 Å². The number of carbonyl (C=O) groups is 1. The van der Waals surface area contributed by atoms with Crippen molar-refractivity contribution in [2.24, 2.45) is 0 Å². The average molecular weight is 304 g/mol. The quantitative estimate of drug-likeness (QED) is 0.745. The van der Waals surface area contributed by atoms with Gasteiger partial charge in [0, 0.05) is 45.3 Å². The Morgan fingerprint density at radius 2 is 2.00 bits per heavy atom. The number of aromatic nitrogens is 1. The fourth-order valence-corrected chi connectivity index (χ4v) is 2.70. The van der Waals surface area contributed by atoms with Gasteiger partial charge >= 0.3 is 0 Å². The maximum atomic E-state index is 12.2. The Bertz CT molecular complexity index is 430. The SMILES string of the molecule is CCCCCNCCC(=O)N1CCN(c2ccccn2)CC1. The molecule has 0 aliphatic carbocycles. The zero-order valence-corrected chi connectivity index (χ0v) is 13.6. The number of amides is 1. The molecular formula is C17H28N4O. The third-order valence-electron chi connectivity index (χ3n) is 4.08. The second-order valence-electron chi connectivity index (χ2n) is 5.76. The molecule has 0 unspecified atom stereocenters. The van der Waals surface area contributed by atoms with Gasteiger partial charge in [-0.3, -0.25) is 4.79 Å². The molecule has 2 heterocycles. The fourth-order valence-electron chi connectivity index (χ4n) is 2.70. The molecule has 1 aliphatic rings. The van der Waals surface area contributed by atoms with Gasteiger partial charge in [0.05, 0.1) is 0 Å². The van der Waals surface area contributed by atoms with Crippen LogP contribution in [0.5, 0.6) is 0 Å². The monoisotopic (exact) mass is 304 g/mol. The van der Waals surface area contributed by atoms with Gasteiger partial charge in [0.15, 0.2) is 0 Å². The minimum absolute atomic E-state index is 0.267. The molecule has 2 rings (SSSR count). The topological polar surface area (TPSA) is 48.5 Å². The average Bonchev–Trinajstić information content (AvgIpc) is 2.59. The normalized spacial score (nSPS) is 15.1. The van der Waals surface area contributed by atoms with Gasteiger partial charge in [0.25, 0.3) is 0 Å². The third kappa shape index (κ3) is 5.30.